The molecule has 1 atom stereocenters. The quantitative estimate of drug-likeness (QED) is 0.927. The van der Waals surface area contributed by atoms with Crippen LogP contribution >= 0.6 is 11.6 Å². The molecular formula is C15H16ClF2N3O. The number of nitrogens with zero attached hydrogens (tertiary/aromatic N) is 2. The monoisotopic (exact) mass is 327 g/mol. The van der Waals surface area contributed by atoms with Crippen molar-refractivity contribution in [3.8, 4) is 0 Å². The minimum atomic E-state index is -2.70. The second-order valence-electron chi connectivity index (χ2n) is 6.10. The third kappa shape index (κ3) is 2.25. The Kier molecular flexibility index (Phi) is 3.27. The molecule has 2 fully saturated rings. The molecule has 2 heterocycles. The summed E-state index contributed by atoms with van der Waals surface area (Å²) in [5.74, 6) is 0.827. The summed E-state index contributed by atoms with van der Waals surface area (Å²) >= 11 is 6.32. The molecule has 22 heavy (non-hydrogen) atoms. The molecule has 1 saturated carbocycles. The van der Waals surface area contributed by atoms with E-state index in [1.807, 2.05) is 18.2 Å². The molecule has 0 bridgehead atoms. The zero-order valence-corrected chi connectivity index (χ0v) is 12.6. The summed E-state index contributed by atoms with van der Waals surface area (Å²) in [7, 11) is 0. The van der Waals surface area contributed by atoms with Gasteiger partial charge in [0.1, 0.15) is 0 Å². The Balaban J connectivity index is 1.66. The van der Waals surface area contributed by atoms with Crippen LogP contribution in [0.25, 0.3) is 10.9 Å². The second-order valence-corrected chi connectivity index (χ2v) is 6.50. The highest BCUT2D eigenvalue weighted by molar-refractivity contribution is 6.36. The minimum Gasteiger partial charge on any atom is -0.349 e. The molecule has 1 aromatic carbocycles. The molecule has 4 nitrogen and oxygen atoms in total. The number of H-pyrrole nitrogens is 1. The summed E-state index contributed by atoms with van der Waals surface area (Å²) in [6.07, 6.45) is 2.78. The Hall–Kier alpha value is -1.40. The number of anilines is 1. The molecule has 1 spiro atoms. The number of aromatic amines is 1. The van der Waals surface area contributed by atoms with Gasteiger partial charge in [-0.15, -0.1) is 0 Å². The van der Waals surface area contributed by atoms with Gasteiger partial charge in [-0.1, -0.05) is 17.7 Å². The molecule has 1 N–H and O–H groups in total. The van der Waals surface area contributed by atoms with Crippen LogP contribution in [0.4, 0.5) is 14.6 Å². The van der Waals surface area contributed by atoms with Crippen LogP contribution in [-0.2, 0) is 4.74 Å². The van der Waals surface area contributed by atoms with Gasteiger partial charge in [0.25, 0.3) is 0 Å². The summed E-state index contributed by atoms with van der Waals surface area (Å²) in [5, 5.41) is 9.00. The predicted molar refractivity (Wildman–Crippen MR) is 80.5 cm³/mol. The van der Waals surface area contributed by atoms with E-state index in [1.54, 1.807) is 0 Å². The minimum absolute atomic E-state index is 0.0981. The fourth-order valence-electron chi connectivity index (χ4n) is 3.57. The molecular weight excluding hydrogens is 312 g/mol. The van der Waals surface area contributed by atoms with Gasteiger partial charge in [-0.3, -0.25) is 5.10 Å². The van der Waals surface area contributed by atoms with Crippen molar-refractivity contribution < 1.29 is 13.5 Å². The van der Waals surface area contributed by atoms with Gasteiger partial charge >= 0.3 is 6.61 Å². The van der Waals surface area contributed by atoms with Gasteiger partial charge in [0.2, 0.25) is 0 Å². The van der Waals surface area contributed by atoms with Crippen molar-refractivity contribution in [3.05, 3.63) is 23.2 Å². The Labute approximate surface area is 131 Å². The highest BCUT2D eigenvalue weighted by Gasteiger charge is 2.53. The van der Waals surface area contributed by atoms with Crippen molar-refractivity contribution in [3.63, 3.8) is 0 Å². The van der Waals surface area contributed by atoms with E-state index in [9.17, 15) is 8.78 Å². The van der Waals surface area contributed by atoms with Gasteiger partial charge in [0, 0.05) is 12.1 Å². The lowest BCUT2D eigenvalue weighted by Gasteiger charge is -2.40. The first-order valence-electron chi connectivity index (χ1n) is 7.43. The summed E-state index contributed by atoms with van der Waals surface area (Å²) in [6, 6.07) is 5.65. The fourth-order valence-corrected chi connectivity index (χ4v) is 3.82. The molecule has 1 aromatic heterocycles. The van der Waals surface area contributed by atoms with Crippen LogP contribution in [0.15, 0.2) is 18.2 Å². The number of ether oxygens (including phenoxy) is 1. The molecule has 4 rings (SSSR count). The fraction of sp³-hybridized carbons (Fsp3) is 0.533. The summed E-state index contributed by atoms with van der Waals surface area (Å²) < 4.78 is 29.6. The van der Waals surface area contributed by atoms with Crippen molar-refractivity contribution in [2.24, 2.45) is 0 Å². The predicted octanol–water partition coefficient (Wildman–Crippen LogP) is 3.96. The van der Waals surface area contributed by atoms with Crippen LogP contribution < -0.4 is 4.90 Å². The van der Waals surface area contributed by atoms with E-state index in [0.717, 1.165) is 29.6 Å². The maximum Gasteiger partial charge on any atom is 0.345 e. The summed E-state index contributed by atoms with van der Waals surface area (Å²) in [6.45, 7) is -2.05. The molecule has 2 aliphatic rings. The van der Waals surface area contributed by atoms with E-state index in [1.165, 1.54) is 0 Å². The first kappa shape index (κ1) is 14.2. The number of aromatic nitrogens is 2. The average Bonchev–Trinajstić information content (AvgIpc) is 3.08. The van der Waals surface area contributed by atoms with Crippen molar-refractivity contribution in [2.75, 3.05) is 11.4 Å². The standard InChI is InChI=1S/C15H16ClF2N3O/c16-10-2-1-3-11-12(10)13(20-19-11)21-7-4-9(22-14(17)18)8-15(21)5-6-15/h1-3,9,14H,4-8H2,(H,19,20). The normalized spacial score (nSPS) is 23.6. The molecule has 7 heteroatoms. The molecule has 2 aromatic rings. The first-order valence-corrected chi connectivity index (χ1v) is 7.81. The average molecular weight is 328 g/mol. The number of fused-ring (bicyclic) bond motifs is 1. The van der Waals surface area contributed by atoms with Gasteiger partial charge in [-0.2, -0.15) is 13.9 Å². The zero-order chi connectivity index (χ0) is 15.3. The number of hydrogen-bond donors (Lipinski definition) is 1. The van der Waals surface area contributed by atoms with Gasteiger partial charge in [-0.25, -0.2) is 0 Å². The van der Waals surface area contributed by atoms with Crippen LogP contribution in [0.5, 0.6) is 0 Å². The number of piperidine rings is 1. The molecule has 118 valence electrons. The second kappa shape index (κ2) is 5.06. The van der Waals surface area contributed by atoms with Crippen molar-refractivity contribution in [1.29, 1.82) is 0 Å². The number of hydrogen-bond acceptors (Lipinski definition) is 3. The number of alkyl halides is 2. The molecule has 1 unspecified atom stereocenters. The highest BCUT2D eigenvalue weighted by atomic mass is 35.5. The molecule has 0 amide bonds. The van der Waals surface area contributed by atoms with Crippen LogP contribution in [0.1, 0.15) is 25.7 Å². The number of nitrogens with one attached hydrogen (secondary N) is 1. The lowest BCUT2D eigenvalue weighted by Crippen LogP contribution is -2.47. The van der Waals surface area contributed by atoms with Crippen molar-refractivity contribution >= 4 is 28.3 Å². The zero-order valence-electron chi connectivity index (χ0n) is 11.9. The number of benzene rings is 1. The first-order chi connectivity index (χ1) is 10.6. The van der Waals surface area contributed by atoms with E-state index in [-0.39, 0.29) is 11.6 Å². The van der Waals surface area contributed by atoms with Crippen molar-refractivity contribution in [1.82, 2.24) is 10.2 Å². The topological polar surface area (TPSA) is 41.1 Å². The van der Waals surface area contributed by atoms with Gasteiger partial charge in [0.15, 0.2) is 5.82 Å². The smallest absolute Gasteiger partial charge is 0.345 e. The Morgan fingerprint density at radius 2 is 2.23 bits per heavy atom. The van der Waals surface area contributed by atoms with E-state index >= 15 is 0 Å². The van der Waals surface area contributed by atoms with Crippen molar-refractivity contribution in [2.45, 2.75) is 43.9 Å². The Morgan fingerprint density at radius 1 is 1.41 bits per heavy atom. The molecule has 1 saturated heterocycles. The Morgan fingerprint density at radius 3 is 2.95 bits per heavy atom. The lowest BCUT2D eigenvalue weighted by atomic mass is 9.96. The third-order valence-corrected chi connectivity index (χ3v) is 5.07. The number of halogens is 3. The highest BCUT2D eigenvalue weighted by Crippen LogP contribution is 2.51. The SMILES string of the molecule is FC(F)OC1CCN(c2n[nH]c3cccc(Cl)c23)C2(CC2)C1. The maximum atomic E-state index is 12.5. The van der Waals surface area contributed by atoms with Crippen LogP contribution in [0.2, 0.25) is 5.02 Å². The lowest BCUT2D eigenvalue weighted by molar-refractivity contribution is -0.169. The van der Waals surface area contributed by atoms with Crippen LogP contribution in [-0.4, -0.2) is 35.0 Å². The molecule has 1 aliphatic heterocycles. The van der Waals surface area contributed by atoms with E-state index in [4.69, 9.17) is 16.3 Å². The molecule has 1 aliphatic carbocycles. The molecule has 0 radical (unpaired) electrons. The van der Waals surface area contributed by atoms with E-state index in [0.29, 0.717) is 24.4 Å². The van der Waals surface area contributed by atoms with Crippen LogP contribution in [0, 0.1) is 0 Å². The summed E-state index contributed by atoms with van der Waals surface area (Å²) in [4.78, 5) is 2.23. The van der Waals surface area contributed by atoms with E-state index in [2.05, 4.69) is 15.1 Å². The van der Waals surface area contributed by atoms with Gasteiger partial charge in [0.05, 0.1) is 22.0 Å². The van der Waals surface area contributed by atoms with Gasteiger partial charge < -0.3 is 9.64 Å². The largest absolute Gasteiger partial charge is 0.349 e. The third-order valence-electron chi connectivity index (χ3n) is 4.75. The summed E-state index contributed by atoms with van der Waals surface area (Å²) in [5.41, 5.74) is 0.795. The van der Waals surface area contributed by atoms with E-state index < -0.39 is 6.61 Å². The Bertz CT molecular complexity index is 701. The van der Waals surface area contributed by atoms with Crippen LogP contribution in [0.3, 0.4) is 0 Å². The van der Waals surface area contributed by atoms with Gasteiger partial charge in [-0.05, 0) is 37.8 Å². The number of rotatable bonds is 3. The maximum absolute atomic E-state index is 12.5.